The van der Waals surface area contributed by atoms with Crippen molar-refractivity contribution in [1.29, 1.82) is 0 Å². The molecule has 2 heterocycles. The van der Waals surface area contributed by atoms with E-state index in [1.165, 1.54) is 12.1 Å². The molecule has 1 fully saturated rings. The van der Waals surface area contributed by atoms with E-state index in [2.05, 4.69) is 0 Å². The predicted molar refractivity (Wildman–Crippen MR) is 108 cm³/mol. The van der Waals surface area contributed by atoms with E-state index in [4.69, 9.17) is 0 Å². The van der Waals surface area contributed by atoms with Crippen molar-refractivity contribution in [3.05, 3.63) is 90.0 Å². The van der Waals surface area contributed by atoms with Crippen LogP contribution in [0.15, 0.2) is 73.1 Å². The molecule has 0 saturated carbocycles. The lowest BCUT2D eigenvalue weighted by molar-refractivity contribution is -0.131. The normalized spacial score (nSPS) is 14.1. The third kappa shape index (κ3) is 4.37. The Bertz CT molecular complexity index is 974. The summed E-state index contributed by atoms with van der Waals surface area (Å²) in [6.07, 6.45) is 4.16. The molecule has 6 heteroatoms. The summed E-state index contributed by atoms with van der Waals surface area (Å²) in [4.78, 5) is 28.8. The maximum Gasteiger partial charge on any atom is 0.253 e. The first kappa shape index (κ1) is 18.9. The van der Waals surface area contributed by atoms with Crippen LogP contribution in [0.3, 0.4) is 0 Å². The van der Waals surface area contributed by atoms with Crippen molar-refractivity contribution < 1.29 is 14.0 Å². The molecule has 3 aromatic rings. The van der Waals surface area contributed by atoms with Crippen LogP contribution in [0.1, 0.15) is 15.9 Å². The molecule has 0 spiro atoms. The number of nitrogens with zero attached hydrogens (tertiary/aromatic N) is 3. The van der Waals surface area contributed by atoms with Crippen LogP contribution in [0.4, 0.5) is 4.39 Å². The van der Waals surface area contributed by atoms with Gasteiger partial charge in [-0.2, -0.15) is 0 Å². The number of rotatable bonds is 4. The lowest BCUT2D eigenvalue weighted by Crippen LogP contribution is -2.51. The largest absolute Gasteiger partial charge is 0.339 e. The first-order chi connectivity index (χ1) is 14.1. The van der Waals surface area contributed by atoms with E-state index < -0.39 is 0 Å². The number of amides is 2. The summed E-state index contributed by atoms with van der Waals surface area (Å²) in [6, 6.07) is 17.4. The SMILES string of the molecule is O=C(Cc1ccc(F)cc1)N1CCN(C(=O)c2ccc(-n3cccc3)cc2)CC1. The highest BCUT2D eigenvalue weighted by Crippen LogP contribution is 2.14. The summed E-state index contributed by atoms with van der Waals surface area (Å²) >= 11 is 0. The van der Waals surface area contributed by atoms with Crippen LogP contribution in [0, 0.1) is 5.82 Å². The second-order valence-corrected chi connectivity index (χ2v) is 7.11. The second-order valence-electron chi connectivity index (χ2n) is 7.11. The topological polar surface area (TPSA) is 45.6 Å². The summed E-state index contributed by atoms with van der Waals surface area (Å²) in [7, 11) is 0. The standard InChI is InChI=1S/C23H22FN3O2/c24-20-7-3-18(4-8-20)17-22(28)26-13-15-27(16-14-26)23(29)19-5-9-21(10-6-19)25-11-1-2-12-25/h1-12H,13-17H2. The minimum atomic E-state index is -0.310. The Morgan fingerprint density at radius 1 is 0.793 bits per heavy atom. The van der Waals surface area contributed by atoms with Crippen LogP contribution in [-0.2, 0) is 11.2 Å². The molecule has 5 nitrogen and oxygen atoms in total. The van der Waals surface area contributed by atoms with Gasteiger partial charge in [-0.25, -0.2) is 4.39 Å². The Kier molecular flexibility index (Phi) is 5.42. The predicted octanol–water partition coefficient (Wildman–Crippen LogP) is 3.14. The van der Waals surface area contributed by atoms with Crippen molar-refractivity contribution in [2.24, 2.45) is 0 Å². The molecular formula is C23H22FN3O2. The fraction of sp³-hybridized carbons (Fsp3) is 0.217. The van der Waals surface area contributed by atoms with Crippen molar-refractivity contribution in [3.63, 3.8) is 0 Å². The van der Waals surface area contributed by atoms with E-state index in [0.29, 0.717) is 31.7 Å². The zero-order chi connectivity index (χ0) is 20.2. The number of hydrogen-bond donors (Lipinski definition) is 0. The number of benzene rings is 2. The zero-order valence-electron chi connectivity index (χ0n) is 16.0. The van der Waals surface area contributed by atoms with Crippen LogP contribution in [0.25, 0.3) is 5.69 Å². The van der Waals surface area contributed by atoms with Crippen LogP contribution in [-0.4, -0.2) is 52.4 Å². The van der Waals surface area contributed by atoms with Gasteiger partial charge in [-0.1, -0.05) is 12.1 Å². The van der Waals surface area contributed by atoms with Gasteiger partial charge in [0.15, 0.2) is 0 Å². The zero-order valence-corrected chi connectivity index (χ0v) is 16.0. The molecule has 0 radical (unpaired) electrons. The Morgan fingerprint density at radius 3 is 2.00 bits per heavy atom. The Labute approximate surface area is 169 Å². The van der Waals surface area contributed by atoms with Gasteiger partial charge < -0.3 is 14.4 Å². The van der Waals surface area contributed by atoms with Gasteiger partial charge in [0, 0.05) is 49.8 Å². The smallest absolute Gasteiger partial charge is 0.253 e. The maximum atomic E-state index is 13.0. The first-order valence-corrected chi connectivity index (χ1v) is 9.65. The maximum absolute atomic E-state index is 13.0. The van der Waals surface area contributed by atoms with E-state index in [9.17, 15) is 14.0 Å². The Hall–Kier alpha value is -3.41. The fourth-order valence-electron chi connectivity index (χ4n) is 3.51. The highest BCUT2D eigenvalue weighted by atomic mass is 19.1. The van der Waals surface area contributed by atoms with Crippen molar-refractivity contribution in [2.75, 3.05) is 26.2 Å². The summed E-state index contributed by atoms with van der Waals surface area (Å²) in [5.41, 5.74) is 2.44. The molecule has 1 aliphatic heterocycles. The molecule has 1 aliphatic rings. The summed E-state index contributed by atoms with van der Waals surface area (Å²) in [5, 5.41) is 0. The quantitative estimate of drug-likeness (QED) is 0.686. The molecule has 0 N–H and O–H groups in total. The lowest BCUT2D eigenvalue weighted by atomic mass is 10.1. The van der Waals surface area contributed by atoms with Crippen LogP contribution < -0.4 is 0 Å². The molecule has 1 saturated heterocycles. The molecule has 148 valence electrons. The Balaban J connectivity index is 1.32. The summed E-state index contributed by atoms with van der Waals surface area (Å²) in [5.74, 6) is -0.329. The van der Waals surface area contributed by atoms with Gasteiger partial charge in [0.1, 0.15) is 5.82 Å². The molecule has 0 aliphatic carbocycles. The molecule has 4 rings (SSSR count). The van der Waals surface area contributed by atoms with Gasteiger partial charge in [0.2, 0.25) is 5.91 Å². The number of piperazine rings is 1. The second kappa shape index (κ2) is 8.31. The molecule has 0 bridgehead atoms. The number of halogens is 1. The number of hydrogen-bond acceptors (Lipinski definition) is 2. The average Bonchev–Trinajstić information content (AvgIpc) is 3.30. The minimum Gasteiger partial charge on any atom is -0.339 e. The molecule has 0 atom stereocenters. The monoisotopic (exact) mass is 391 g/mol. The third-order valence-corrected chi connectivity index (χ3v) is 5.21. The van der Waals surface area contributed by atoms with Crippen molar-refractivity contribution in [1.82, 2.24) is 14.4 Å². The number of carbonyl (C=O) groups is 2. The van der Waals surface area contributed by atoms with Crippen LogP contribution in [0.5, 0.6) is 0 Å². The number of aromatic nitrogens is 1. The average molecular weight is 391 g/mol. The summed E-state index contributed by atoms with van der Waals surface area (Å²) < 4.78 is 15.0. The van der Waals surface area contributed by atoms with Crippen molar-refractivity contribution in [3.8, 4) is 5.69 Å². The third-order valence-electron chi connectivity index (χ3n) is 5.21. The van der Waals surface area contributed by atoms with Crippen LogP contribution >= 0.6 is 0 Å². The van der Waals surface area contributed by atoms with E-state index >= 15 is 0 Å². The van der Waals surface area contributed by atoms with Gasteiger partial charge in [-0.3, -0.25) is 9.59 Å². The lowest BCUT2D eigenvalue weighted by Gasteiger charge is -2.35. The molecule has 2 amide bonds. The van der Waals surface area contributed by atoms with Gasteiger partial charge in [0.05, 0.1) is 6.42 Å². The number of carbonyl (C=O) groups excluding carboxylic acids is 2. The van der Waals surface area contributed by atoms with E-state index in [-0.39, 0.29) is 24.1 Å². The van der Waals surface area contributed by atoms with E-state index in [1.807, 2.05) is 53.4 Å². The van der Waals surface area contributed by atoms with Crippen LogP contribution in [0.2, 0.25) is 0 Å². The molecule has 29 heavy (non-hydrogen) atoms. The molecular weight excluding hydrogens is 369 g/mol. The highest BCUT2D eigenvalue weighted by molar-refractivity contribution is 5.94. The van der Waals surface area contributed by atoms with Crippen molar-refractivity contribution >= 4 is 11.8 Å². The van der Waals surface area contributed by atoms with Gasteiger partial charge in [-0.05, 0) is 54.1 Å². The fourth-order valence-corrected chi connectivity index (χ4v) is 3.51. The van der Waals surface area contributed by atoms with Gasteiger partial charge in [-0.15, -0.1) is 0 Å². The van der Waals surface area contributed by atoms with Gasteiger partial charge in [0.25, 0.3) is 5.91 Å². The highest BCUT2D eigenvalue weighted by Gasteiger charge is 2.24. The molecule has 0 unspecified atom stereocenters. The van der Waals surface area contributed by atoms with E-state index in [0.717, 1.165) is 11.3 Å². The minimum absolute atomic E-state index is 0.000201. The summed E-state index contributed by atoms with van der Waals surface area (Å²) in [6.45, 7) is 2.03. The van der Waals surface area contributed by atoms with Gasteiger partial charge >= 0.3 is 0 Å². The molecule has 1 aromatic heterocycles. The first-order valence-electron chi connectivity index (χ1n) is 9.65. The van der Waals surface area contributed by atoms with E-state index in [1.54, 1.807) is 21.9 Å². The Morgan fingerprint density at radius 2 is 1.38 bits per heavy atom. The molecule has 2 aromatic carbocycles. The van der Waals surface area contributed by atoms with Crippen molar-refractivity contribution in [2.45, 2.75) is 6.42 Å².